The Kier molecular flexibility index (Phi) is 5.24. The number of rotatable bonds is 4. The average Bonchev–Trinajstić information content (AvgIpc) is 2.16. The second kappa shape index (κ2) is 5.96. The maximum atomic E-state index is 5.94. The summed E-state index contributed by atoms with van der Waals surface area (Å²) in [6.07, 6.45) is 1.10. The minimum absolute atomic E-state index is 0.594. The van der Waals surface area contributed by atoms with E-state index < -0.39 is 0 Å². The van der Waals surface area contributed by atoms with Crippen molar-refractivity contribution in [2.24, 2.45) is 11.8 Å². The third-order valence-electron chi connectivity index (χ3n) is 2.55. The first kappa shape index (κ1) is 12.3. The fraction of sp³-hybridized carbons (Fsp3) is 0.500. The van der Waals surface area contributed by atoms with Gasteiger partial charge in [-0.25, -0.2) is 0 Å². The van der Waals surface area contributed by atoms with E-state index in [1.165, 1.54) is 9.13 Å². The third kappa shape index (κ3) is 3.77. The molecule has 1 atom stereocenters. The van der Waals surface area contributed by atoms with Gasteiger partial charge in [0.1, 0.15) is 0 Å². The van der Waals surface area contributed by atoms with Crippen LogP contribution in [0, 0.1) is 15.4 Å². The van der Waals surface area contributed by atoms with E-state index in [9.17, 15) is 0 Å². The van der Waals surface area contributed by atoms with Crippen LogP contribution >= 0.6 is 34.2 Å². The summed E-state index contributed by atoms with van der Waals surface area (Å²) >= 11 is 8.27. The first-order valence-corrected chi connectivity index (χ1v) is 6.55. The zero-order chi connectivity index (χ0) is 10.6. The molecule has 0 nitrogen and oxygen atoms in total. The van der Waals surface area contributed by atoms with Crippen molar-refractivity contribution in [1.82, 2.24) is 0 Å². The van der Waals surface area contributed by atoms with Gasteiger partial charge >= 0.3 is 0 Å². The van der Waals surface area contributed by atoms with Crippen molar-refractivity contribution in [3.05, 3.63) is 33.4 Å². The minimum atomic E-state index is 0.594. The Morgan fingerprint density at radius 2 is 1.79 bits per heavy atom. The van der Waals surface area contributed by atoms with E-state index in [-0.39, 0.29) is 0 Å². The SMILES string of the molecule is CC(C)C(CCl)Cc1ccc(I)cc1. The van der Waals surface area contributed by atoms with Gasteiger partial charge in [0, 0.05) is 9.45 Å². The van der Waals surface area contributed by atoms with Crippen LogP contribution in [0.4, 0.5) is 0 Å². The quantitative estimate of drug-likeness (QED) is 0.571. The second-order valence-electron chi connectivity index (χ2n) is 3.99. The van der Waals surface area contributed by atoms with Crippen molar-refractivity contribution in [1.29, 1.82) is 0 Å². The summed E-state index contributed by atoms with van der Waals surface area (Å²) in [6, 6.07) is 8.70. The molecule has 1 aromatic rings. The van der Waals surface area contributed by atoms with E-state index >= 15 is 0 Å². The Labute approximate surface area is 105 Å². The Morgan fingerprint density at radius 1 is 1.21 bits per heavy atom. The van der Waals surface area contributed by atoms with Crippen LogP contribution in [-0.4, -0.2) is 5.88 Å². The van der Waals surface area contributed by atoms with Crippen LogP contribution < -0.4 is 0 Å². The predicted octanol–water partition coefficient (Wildman–Crippen LogP) is 4.34. The molecule has 14 heavy (non-hydrogen) atoms. The molecule has 0 saturated heterocycles. The second-order valence-corrected chi connectivity index (χ2v) is 5.54. The van der Waals surface area contributed by atoms with Gasteiger partial charge in [-0.1, -0.05) is 26.0 Å². The Bertz CT molecular complexity index is 266. The van der Waals surface area contributed by atoms with Gasteiger partial charge in [0.25, 0.3) is 0 Å². The van der Waals surface area contributed by atoms with Crippen LogP contribution in [0.3, 0.4) is 0 Å². The molecule has 1 aromatic carbocycles. The molecule has 78 valence electrons. The molecule has 0 heterocycles. The van der Waals surface area contributed by atoms with Crippen LogP contribution in [0.2, 0.25) is 0 Å². The fourth-order valence-electron chi connectivity index (χ4n) is 1.39. The number of hydrogen-bond acceptors (Lipinski definition) is 0. The van der Waals surface area contributed by atoms with E-state index in [2.05, 4.69) is 60.7 Å². The average molecular weight is 323 g/mol. The van der Waals surface area contributed by atoms with Gasteiger partial charge in [0.15, 0.2) is 0 Å². The van der Waals surface area contributed by atoms with Gasteiger partial charge in [0.2, 0.25) is 0 Å². The van der Waals surface area contributed by atoms with E-state index in [0.717, 1.165) is 12.3 Å². The molecule has 0 aliphatic carbocycles. The number of benzene rings is 1. The standard InChI is InChI=1S/C12H16ClI/c1-9(2)11(8-13)7-10-3-5-12(14)6-4-10/h3-6,9,11H,7-8H2,1-2H3. The van der Waals surface area contributed by atoms with Gasteiger partial charge in [-0.05, 0) is 58.5 Å². The predicted molar refractivity (Wildman–Crippen MR) is 71.9 cm³/mol. The third-order valence-corrected chi connectivity index (χ3v) is 3.67. The molecule has 0 aliphatic heterocycles. The molecule has 0 bridgehead atoms. The highest BCUT2D eigenvalue weighted by Gasteiger charge is 2.12. The molecule has 0 fully saturated rings. The lowest BCUT2D eigenvalue weighted by Crippen LogP contribution is -2.13. The molecule has 1 rings (SSSR count). The van der Waals surface area contributed by atoms with Crippen molar-refractivity contribution in [2.45, 2.75) is 20.3 Å². The first-order valence-electron chi connectivity index (χ1n) is 4.94. The molecular weight excluding hydrogens is 306 g/mol. The number of alkyl halides is 1. The normalized spacial score (nSPS) is 13.2. The van der Waals surface area contributed by atoms with Gasteiger partial charge < -0.3 is 0 Å². The van der Waals surface area contributed by atoms with Gasteiger partial charge in [-0.15, -0.1) is 11.6 Å². The van der Waals surface area contributed by atoms with E-state index in [1.54, 1.807) is 0 Å². The van der Waals surface area contributed by atoms with Crippen molar-refractivity contribution in [2.75, 3.05) is 5.88 Å². The highest BCUT2D eigenvalue weighted by Crippen LogP contribution is 2.19. The number of halogens is 2. The Hall–Kier alpha value is 0.240. The van der Waals surface area contributed by atoms with E-state index in [0.29, 0.717) is 11.8 Å². The molecule has 0 saturated carbocycles. The summed E-state index contributed by atoms with van der Waals surface area (Å²) in [4.78, 5) is 0. The highest BCUT2D eigenvalue weighted by atomic mass is 127. The summed E-state index contributed by atoms with van der Waals surface area (Å²) < 4.78 is 1.29. The summed E-state index contributed by atoms with van der Waals surface area (Å²) in [6.45, 7) is 4.47. The molecule has 0 spiro atoms. The Balaban J connectivity index is 2.63. The topological polar surface area (TPSA) is 0 Å². The van der Waals surface area contributed by atoms with Crippen LogP contribution in [-0.2, 0) is 6.42 Å². The molecule has 0 aromatic heterocycles. The molecule has 1 unspecified atom stereocenters. The van der Waals surface area contributed by atoms with Crippen molar-refractivity contribution >= 4 is 34.2 Å². The molecule has 0 amide bonds. The van der Waals surface area contributed by atoms with Crippen LogP contribution in [0.1, 0.15) is 19.4 Å². The monoisotopic (exact) mass is 322 g/mol. The van der Waals surface area contributed by atoms with Crippen molar-refractivity contribution in [3.8, 4) is 0 Å². The molecule has 2 heteroatoms. The molecule has 0 N–H and O–H groups in total. The lowest BCUT2D eigenvalue weighted by atomic mass is 9.91. The minimum Gasteiger partial charge on any atom is -0.126 e. The van der Waals surface area contributed by atoms with Gasteiger partial charge in [-0.2, -0.15) is 0 Å². The summed E-state index contributed by atoms with van der Waals surface area (Å²) in [5.74, 6) is 2.01. The highest BCUT2D eigenvalue weighted by molar-refractivity contribution is 14.1. The maximum Gasteiger partial charge on any atom is 0.0257 e. The van der Waals surface area contributed by atoms with Gasteiger partial charge in [0.05, 0.1) is 0 Å². The van der Waals surface area contributed by atoms with Crippen molar-refractivity contribution < 1.29 is 0 Å². The summed E-state index contributed by atoms with van der Waals surface area (Å²) in [7, 11) is 0. The molecule has 0 radical (unpaired) electrons. The molecular formula is C12H16ClI. The largest absolute Gasteiger partial charge is 0.126 e. The van der Waals surface area contributed by atoms with Crippen LogP contribution in [0.25, 0.3) is 0 Å². The molecule has 0 aliphatic rings. The lowest BCUT2D eigenvalue weighted by molar-refractivity contribution is 0.422. The summed E-state index contributed by atoms with van der Waals surface area (Å²) in [5, 5.41) is 0. The Morgan fingerprint density at radius 3 is 2.21 bits per heavy atom. The maximum absolute atomic E-state index is 5.94. The van der Waals surface area contributed by atoms with Crippen molar-refractivity contribution in [3.63, 3.8) is 0 Å². The van der Waals surface area contributed by atoms with E-state index in [1.807, 2.05) is 0 Å². The van der Waals surface area contributed by atoms with Crippen LogP contribution in [0.5, 0.6) is 0 Å². The van der Waals surface area contributed by atoms with Crippen LogP contribution in [0.15, 0.2) is 24.3 Å². The zero-order valence-electron chi connectivity index (χ0n) is 8.63. The summed E-state index contributed by atoms with van der Waals surface area (Å²) in [5.41, 5.74) is 1.39. The zero-order valence-corrected chi connectivity index (χ0v) is 11.5. The van der Waals surface area contributed by atoms with Gasteiger partial charge in [-0.3, -0.25) is 0 Å². The smallest absolute Gasteiger partial charge is 0.0257 e. The first-order chi connectivity index (χ1) is 6.63. The lowest BCUT2D eigenvalue weighted by Gasteiger charge is -2.17. The number of hydrogen-bond donors (Lipinski definition) is 0. The fourth-order valence-corrected chi connectivity index (χ4v) is 2.22. The van der Waals surface area contributed by atoms with E-state index in [4.69, 9.17) is 11.6 Å².